The molecule has 0 unspecified atom stereocenters. The number of benzene rings is 2. The highest BCUT2D eigenvalue weighted by Crippen LogP contribution is 2.23. The summed E-state index contributed by atoms with van der Waals surface area (Å²) in [4.78, 5) is 36.3. The van der Waals surface area contributed by atoms with Gasteiger partial charge in [-0.2, -0.15) is 0 Å². The van der Waals surface area contributed by atoms with Gasteiger partial charge in [-0.05, 0) is 54.7 Å². The number of halogens is 1. The summed E-state index contributed by atoms with van der Waals surface area (Å²) in [5.74, 6) is -1.75. The van der Waals surface area contributed by atoms with Crippen molar-refractivity contribution in [1.29, 1.82) is 0 Å². The fraction of sp³-hybridized carbons (Fsp3) is 0.318. The SMILES string of the molecule is COc1ccc(F)cc1C(=O)COC(=O)CCC(=O)c1ccc2c(c1)CCC2. The number of ketones is 2. The van der Waals surface area contributed by atoms with Crippen molar-refractivity contribution in [2.24, 2.45) is 0 Å². The van der Waals surface area contributed by atoms with Gasteiger partial charge in [-0.15, -0.1) is 0 Å². The van der Waals surface area contributed by atoms with Gasteiger partial charge in [0.25, 0.3) is 0 Å². The number of rotatable bonds is 8. The van der Waals surface area contributed by atoms with Crippen LogP contribution in [0.5, 0.6) is 5.75 Å². The largest absolute Gasteiger partial charge is 0.496 e. The van der Waals surface area contributed by atoms with Crippen molar-refractivity contribution in [2.45, 2.75) is 32.1 Å². The summed E-state index contributed by atoms with van der Waals surface area (Å²) in [6.45, 7) is -0.536. The average molecular weight is 384 g/mol. The average Bonchev–Trinajstić information content (AvgIpc) is 3.17. The molecule has 0 amide bonds. The maximum atomic E-state index is 13.3. The molecule has 2 aromatic rings. The van der Waals surface area contributed by atoms with Gasteiger partial charge >= 0.3 is 5.97 Å². The van der Waals surface area contributed by atoms with Gasteiger partial charge in [0, 0.05) is 12.0 Å². The van der Waals surface area contributed by atoms with E-state index in [0.29, 0.717) is 5.56 Å². The Balaban J connectivity index is 1.50. The molecule has 0 spiro atoms. The number of carbonyl (C=O) groups is 3. The molecule has 0 bridgehead atoms. The van der Waals surface area contributed by atoms with Crippen molar-refractivity contribution in [3.05, 3.63) is 64.5 Å². The first-order valence-corrected chi connectivity index (χ1v) is 9.15. The van der Waals surface area contributed by atoms with Gasteiger partial charge in [0.15, 0.2) is 12.4 Å². The summed E-state index contributed by atoms with van der Waals surface area (Å²) in [7, 11) is 1.36. The van der Waals surface area contributed by atoms with Gasteiger partial charge in [0.2, 0.25) is 5.78 Å². The molecule has 0 aliphatic heterocycles. The van der Waals surface area contributed by atoms with Crippen molar-refractivity contribution in [1.82, 2.24) is 0 Å². The van der Waals surface area contributed by atoms with Gasteiger partial charge in [-0.1, -0.05) is 12.1 Å². The summed E-state index contributed by atoms with van der Waals surface area (Å²) in [6, 6.07) is 9.20. The van der Waals surface area contributed by atoms with E-state index in [4.69, 9.17) is 9.47 Å². The number of methoxy groups -OCH3 is 1. The van der Waals surface area contributed by atoms with Crippen LogP contribution in [-0.4, -0.2) is 31.3 Å². The molecule has 3 rings (SSSR count). The molecule has 0 aromatic heterocycles. The smallest absolute Gasteiger partial charge is 0.306 e. The quantitative estimate of drug-likeness (QED) is 0.513. The zero-order chi connectivity index (χ0) is 20.1. The number of ether oxygens (including phenoxy) is 2. The predicted octanol–water partition coefficient (Wildman–Crippen LogP) is 3.71. The van der Waals surface area contributed by atoms with Gasteiger partial charge in [0.05, 0.1) is 19.1 Å². The molecule has 0 radical (unpaired) electrons. The Hall–Kier alpha value is -3.02. The van der Waals surface area contributed by atoms with Crippen molar-refractivity contribution in [3.8, 4) is 5.75 Å². The molecule has 1 aliphatic carbocycles. The summed E-state index contributed by atoms with van der Waals surface area (Å²) >= 11 is 0. The minimum Gasteiger partial charge on any atom is -0.496 e. The fourth-order valence-corrected chi connectivity index (χ4v) is 3.30. The molecule has 0 fully saturated rings. The lowest BCUT2D eigenvalue weighted by Crippen LogP contribution is -2.16. The number of hydrogen-bond donors (Lipinski definition) is 0. The standard InChI is InChI=1S/C22H21FO5/c1-27-21-9-7-17(23)12-18(21)20(25)13-28-22(26)10-8-19(24)16-6-5-14-3-2-4-15(14)11-16/h5-7,9,11-12H,2-4,8,10,13H2,1H3. The van der Waals surface area contributed by atoms with E-state index in [1.807, 2.05) is 12.1 Å². The van der Waals surface area contributed by atoms with Crippen LogP contribution in [0.2, 0.25) is 0 Å². The highest BCUT2D eigenvalue weighted by molar-refractivity contribution is 6.01. The molecular formula is C22H21FO5. The number of carbonyl (C=O) groups excluding carboxylic acids is 3. The second-order valence-electron chi connectivity index (χ2n) is 6.69. The van der Waals surface area contributed by atoms with Crippen LogP contribution in [0.1, 0.15) is 51.1 Å². The van der Waals surface area contributed by atoms with Crippen LogP contribution in [0.4, 0.5) is 4.39 Å². The normalized spacial score (nSPS) is 12.4. The van der Waals surface area contributed by atoms with E-state index < -0.39 is 24.2 Å². The lowest BCUT2D eigenvalue weighted by atomic mass is 10.0. The molecule has 0 heterocycles. The maximum absolute atomic E-state index is 13.3. The number of Topliss-reactive ketones (excluding diaryl/α,β-unsaturated/α-hetero) is 2. The van der Waals surface area contributed by atoms with Crippen LogP contribution in [0.15, 0.2) is 36.4 Å². The molecule has 146 valence electrons. The molecular weight excluding hydrogens is 363 g/mol. The number of aryl methyl sites for hydroxylation is 2. The highest BCUT2D eigenvalue weighted by atomic mass is 19.1. The number of fused-ring (bicyclic) bond motifs is 1. The second kappa shape index (κ2) is 8.78. The molecule has 28 heavy (non-hydrogen) atoms. The second-order valence-corrected chi connectivity index (χ2v) is 6.69. The Labute approximate surface area is 162 Å². The van der Waals surface area contributed by atoms with Crippen molar-refractivity contribution in [3.63, 3.8) is 0 Å². The van der Waals surface area contributed by atoms with Gasteiger partial charge in [-0.3, -0.25) is 14.4 Å². The lowest BCUT2D eigenvalue weighted by molar-refractivity contribution is -0.142. The molecule has 6 heteroatoms. The van der Waals surface area contributed by atoms with E-state index in [9.17, 15) is 18.8 Å². The van der Waals surface area contributed by atoms with E-state index in [2.05, 4.69) is 0 Å². The first-order valence-electron chi connectivity index (χ1n) is 9.15. The maximum Gasteiger partial charge on any atom is 0.306 e. The number of esters is 1. The molecule has 0 saturated heterocycles. The summed E-state index contributed by atoms with van der Waals surface area (Å²) in [5.41, 5.74) is 3.07. The Morgan fingerprint density at radius 1 is 0.964 bits per heavy atom. The van der Waals surface area contributed by atoms with Crippen LogP contribution in [0, 0.1) is 5.82 Å². The third-order valence-electron chi connectivity index (χ3n) is 4.80. The van der Waals surface area contributed by atoms with E-state index in [0.717, 1.165) is 25.3 Å². The Morgan fingerprint density at radius 3 is 2.54 bits per heavy atom. The van der Waals surface area contributed by atoms with Crippen molar-refractivity contribution < 1.29 is 28.2 Å². The van der Waals surface area contributed by atoms with Gasteiger partial charge in [0.1, 0.15) is 11.6 Å². The first kappa shape index (κ1) is 19.7. The molecule has 5 nitrogen and oxygen atoms in total. The lowest BCUT2D eigenvalue weighted by Gasteiger charge is -2.08. The Kier molecular flexibility index (Phi) is 6.19. The van der Waals surface area contributed by atoms with E-state index in [1.165, 1.54) is 30.4 Å². The van der Waals surface area contributed by atoms with Crippen LogP contribution in [0.3, 0.4) is 0 Å². The Bertz CT molecular complexity index is 919. The molecule has 0 saturated carbocycles. The first-order chi connectivity index (χ1) is 13.5. The highest BCUT2D eigenvalue weighted by Gasteiger charge is 2.18. The van der Waals surface area contributed by atoms with Crippen molar-refractivity contribution in [2.75, 3.05) is 13.7 Å². The van der Waals surface area contributed by atoms with Gasteiger partial charge in [-0.25, -0.2) is 4.39 Å². The molecule has 0 N–H and O–H groups in total. The predicted molar refractivity (Wildman–Crippen MR) is 100 cm³/mol. The van der Waals surface area contributed by atoms with Crippen LogP contribution >= 0.6 is 0 Å². The third-order valence-corrected chi connectivity index (χ3v) is 4.80. The summed E-state index contributed by atoms with van der Waals surface area (Å²) in [6.07, 6.45) is 3.01. The summed E-state index contributed by atoms with van der Waals surface area (Å²) in [5, 5.41) is 0. The monoisotopic (exact) mass is 384 g/mol. The third kappa shape index (κ3) is 4.63. The Morgan fingerprint density at radius 2 is 1.75 bits per heavy atom. The molecule has 1 aliphatic rings. The number of hydrogen-bond acceptors (Lipinski definition) is 5. The topological polar surface area (TPSA) is 69.7 Å². The van der Waals surface area contributed by atoms with Crippen LogP contribution < -0.4 is 4.74 Å². The van der Waals surface area contributed by atoms with Crippen LogP contribution in [-0.2, 0) is 22.4 Å². The van der Waals surface area contributed by atoms with E-state index in [-0.39, 0.29) is 29.9 Å². The fourth-order valence-electron chi connectivity index (χ4n) is 3.30. The zero-order valence-electron chi connectivity index (χ0n) is 15.6. The van der Waals surface area contributed by atoms with Crippen LogP contribution in [0.25, 0.3) is 0 Å². The minimum atomic E-state index is -0.654. The minimum absolute atomic E-state index is 0.00418. The van der Waals surface area contributed by atoms with E-state index in [1.54, 1.807) is 6.07 Å². The molecule has 0 atom stereocenters. The van der Waals surface area contributed by atoms with Crippen molar-refractivity contribution >= 4 is 17.5 Å². The molecule has 2 aromatic carbocycles. The zero-order valence-corrected chi connectivity index (χ0v) is 15.6. The van der Waals surface area contributed by atoms with E-state index >= 15 is 0 Å². The summed E-state index contributed by atoms with van der Waals surface area (Å²) < 4.78 is 23.3. The van der Waals surface area contributed by atoms with Gasteiger partial charge < -0.3 is 9.47 Å².